The summed E-state index contributed by atoms with van der Waals surface area (Å²) in [7, 11) is 1.62. The molecule has 2 unspecified atom stereocenters. The molecule has 1 aromatic rings. The van der Waals surface area contributed by atoms with Crippen molar-refractivity contribution in [3.05, 3.63) is 28.8 Å². The number of ether oxygens (including phenoxy) is 2. The van der Waals surface area contributed by atoms with Gasteiger partial charge in [0.15, 0.2) is 0 Å². The molecule has 1 fully saturated rings. The van der Waals surface area contributed by atoms with Crippen LogP contribution in [0.3, 0.4) is 0 Å². The molecular weight excluding hydrogens is 240 g/mol. The SMILES string of the molecule is COc1ccc(Cl)cc1C(N)C1CNCCO1. The smallest absolute Gasteiger partial charge is 0.123 e. The number of morpholine rings is 1. The fourth-order valence-corrected chi connectivity index (χ4v) is 2.16. The lowest BCUT2D eigenvalue weighted by Gasteiger charge is -2.29. The Bertz CT molecular complexity index is 381. The van der Waals surface area contributed by atoms with Gasteiger partial charge in [0.25, 0.3) is 0 Å². The zero-order chi connectivity index (χ0) is 12.3. The lowest BCUT2D eigenvalue weighted by atomic mass is 10.0. The van der Waals surface area contributed by atoms with Crippen molar-refractivity contribution in [2.24, 2.45) is 5.73 Å². The van der Waals surface area contributed by atoms with Gasteiger partial charge in [0.2, 0.25) is 0 Å². The third-order valence-electron chi connectivity index (χ3n) is 2.91. The average molecular weight is 257 g/mol. The summed E-state index contributed by atoms with van der Waals surface area (Å²) < 4.78 is 10.9. The zero-order valence-electron chi connectivity index (χ0n) is 9.78. The van der Waals surface area contributed by atoms with E-state index < -0.39 is 0 Å². The first-order valence-electron chi connectivity index (χ1n) is 5.63. The van der Waals surface area contributed by atoms with Crippen LogP contribution in [0.15, 0.2) is 18.2 Å². The second-order valence-electron chi connectivity index (χ2n) is 4.03. The van der Waals surface area contributed by atoms with Crippen LogP contribution in [0.4, 0.5) is 0 Å². The second-order valence-corrected chi connectivity index (χ2v) is 4.46. The lowest BCUT2D eigenvalue weighted by Crippen LogP contribution is -2.44. The van der Waals surface area contributed by atoms with E-state index in [2.05, 4.69) is 5.32 Å². The van der Waals surface area contributed by atoms with Crippen molar-refractivity contribution < 1.29 is 9.47 Å². The fraction of sp³-hybridized carbons (Fsp3) is 0.500. The number of rotatable bonds is 3. The third-order valence-corrected chi connectivity index (χ3v) is 3.14. The summed E-state index contributed by atoms with van der Waals surface area (Å²) in [6, 6.07) is 5.21. The predicted molar refractivity (Wildman–Crippen MR) is 67.5 cm³/mol. The topological polar surface area (TPSA) is 56.5 Å². The second kappa shape index (κ2) is 5.69. The predicted octanol–water partition coefficient (Wildman–Crippen LogP) is 1.34. The van der Waals surface area contributed by atoms with Gasteiger partial charge in [-0.15, -0.1) is 0 Å². The maximum absolute atomic E-state index is 6.21. The molecule has 0 aromatic heterocycles. The van der Waals surface area contributed by atoms with Crippen molar-refractivity contribution in [2.75, 3.05) is 26.8 Å². The molecule has 3 N–H and O–H groups in total. The third kappa shape index (κ3) is 2.90. The first-order chi connectivity index (χ1) is 8.22. The van der Waals surface area contributed by atoms with Crippen LogP contribution in [0.2, 0.25) is 5.02 Å². The number of hydrogen-bond donors (Lipinski definition) is 2. The molecule has 1 aromatic carbocycles. The summed E-state index contributed by atoms with van der Waals surface area (Å²) in [5.74, 6) is 0.746. The highest BCUT2D eigenvalue weighted by atomic mass is 35.5. The molecule has 0 amide bonds. The van der Waals surface area contributed by atoms with Gasteiger partial charge in [-0.3, -0.25) is 0 Å². The summed E-state index contributed by atoms with van der Waals surface area (Å²) in [6.45, 7) is 2.30. The van der Waals surface area contributed by atoms with Crippen molar-refractivity contribution in [2.45, 2.75) is 12.1 Å². The van der Waals surface area contributed by atoms with Gasteiger partial charge in [-0.1, -0.05) is 11.6 Å². The minimum Gasteiger partial charge on any atom is -0.496 e. The average Bonchev–Trinajstić information content (AvgIpc) is 2.39. The van der Waals surface area contributed by atoms with Gasteiger partial charge < -0.3 is 20.5 Å². The van der Waals surface area contributed by atoms with Crippen LogP contribution in [0.1, 0.15) is 11.6 Å². The first kappa shape index (κ1) is 12.6. The molecule has 17 heavy (non-hydrogen) atoms. The molecule has 1 saturated heterocycles. The highest BCUT2D eigenvalue weighted by molar-refractivity contribution is 6.30. The van der Waals surface area contributed by atoms with E-state index >= 15 is 0 Å². The molecule has 0 spiro atoms. The molecule has 0 radical (unpaired) electrons. The van der Waals surface area contributed by atoms with Crippen molar-refractivity contribution in [1.29, 1.82) is 0 Å². The maximum atomic E-state index is 6.21. The van der Waals surface area contributed by atoms with E-state index in [9.17, 15) is 0 Å². The number of halogens is 1. The molecule has 0 aliphatic carbocycles. The summed E-state index contributed by atoms with van der Waals surface area (Å²) >= 11 is 5.99. The minimum absolute atomic E-state index is 0.0453. The van der Waals surface area contributed by atoms with Crippen molar-refractivity contribution in [3.63, 3.8) is 0 Å². The summed E-state index contributed by atoms with van der Waals surface area (Å²) in [4.78, 5) is 0. The Kier molecular flexibility index (Phi) is 4.23. The van der Waals surface area contributed by atoms with Crippen LogP contribution in [-0.2, 0) is 4.74 Å². The Balaban J connectivity index is 2.21. The normalized spacial score (nSPS) is 22.2. The molecule has 1 aliphatic rings. The number of methoxy groups -OCH3 is 1. The van der Waals surface area contributed by atoms with Crippen LogP contribution in [0.5, 0.6) is 5.75 Å². The quantitative estimate of drug-likeness (QED) is 0.857. The molecule has 0 bridgehead atoms. The molecule has 4 nitrogen and oxygen atoms in total. The Labute approximate surface area is 106 Å². The van der Waals surface area contributed by atoms with Crippen LogP contribution < -0.4 is 15.8 Å². The van der Waals surface area contributed by atoms with Crippen LogP contribution in [-0.4, -0.2) is 32.9 Å². The van der Waals surface area contributed by atoms with Gasteiger partial charge in [-0.2, -0.15) is 0 Å². The van der Waals surface area contributed by atoms with Gasteiger partial charge >= 0.3 is 0 Å². The van der Waals surface area contributed by atoms with Gasteiger partial charge in [0.1, 0.15) is 5.75 Å². The summed E-state index contributed by atoms with van der Waals surface area (Å²) in [5, 5.41) is 3.91. The zero-order valence-corrected chi connectivity index (χ0v) is 10.5. The van der Waals surface area contributed by atoms with E-state index in [0.29, 0.717) is 11.6 Å². The van der Waals surface area contributed by atoms with E-state index in [4.69, 9.17) is 26.8 Å². The van der Waals surface area contributed by atoms with E-state index in [1.807, 2.05) is 12.1 Å². The molecule has 5 heteroatoms. The maximum Gasteiger partial charge on any atom is 0.123 e. The number of nitrogens with one attached hydrogen (secondary N) is 1. The van der Waals surface area contributed by atoms with E-state index in [0.717, 1.165) is 24.4 Å². The number of hydrogen-bond acceptors (Lipinski definition) is 4. The van der Waals surface area contributed by atoms with Crippen LogP contribution >= 0.6 is 11.6 Å². The number of benzene rings is 1. The first-order valence-corrected chi connectivity index (χ1v) is 6.01. The Morgan fingerprint density at radius 2 is 2.41 bits per heavy atom. The molecule has 94 valence electrons. The molecular formula is C12H17ClN2O2. The van der Waals surface area contributed by atoms with Gasteiger partial charge in [0.05, 0.1) is 25.9 Å². The van der Waals surface area contributed by atoms with E-state index in [1.54, 1.807) is 13.2 Å². The van der Waals surface area contributed by atoms with Crippen molar-refractivity contribution >= 4 is 11.6 Å². The minimum atomic E-state index is -0.239. The highest BCUT2D eigenvalue weighted by Crippen LogP contribution is 2.29. The van der Waals surface area contributed by atoms with Crippen molar-refractivity contribution in [1.82, 2.24) is 5.32 Å². The number of nitrogens with two attached hydrogens (primary N) is 1. The molecule has 2 atom stereocenters. The Morgan fingerprint density at radius 3 is 3.06 bits per heavy atom. The summed E-state index contributed by atoms with van der Waals surface area (Å²) in [5.41, 5.74) is 7.09. The molecule has 1 heterocycles. The largest absolute Gasteiger partial charge is 0.496 e. The monoisotopic (exact) mass is 256 g/mol. The fourth-order valence-electron chi connectivity index (χ4n) is 1.98. The van der Waals surface area contributed by atoms with Crippen molar-refractivity contribution in [3.8, 4) is 5.75 Å². The van der Waals surface area contributed by atoms with Crippen LogP contribution in [0, 0.1) is 0 Å². The summed E-state index contributed by atoms with van der Waals surface area (Å²) in [6.07, 6.45) is -0.0453. The van der Waals surface area contributed by atoms with Gasteiger partial charge in [-0.05, 0) is 18.2 Å². The highest BCUT2D eigenvalue weighted by Gasteiger charge is 2.25. The standard InChI is InChI=1S/C12H17ClN2O2/c1-16-10-3-2-8(13)6-9(10)12(14)11-7-15-4-5-17-11/h2-3,6,11-12,15H,4-5,7,14H2,1H3. The van der Waals surface area contributed by atoms with E-state index in [-0.39, 0.29) is 12.1 Å². The molecule has 0 saturated carbocycles. The lowest BCUT2D eigenvalue weighted by molar-refractivity contribution is 0.0118. The van der Waals surface area contributed by atoms with Gasteiger partial charge in [-0.25, -0.2) is 0 Å². The molecule has 2 rings (SSSR count). The van der Waals surface area contributed by atoms with Gasteiger partial charge in [0, 0.05) is 23.7 Å². The Hall–Kier alpha value is -0.810. The Morgan fingerprint density at radius 1 is 1.59 bits per heavy atom. The van der Waals surface area contributed by atoms with E-state index in [1.165, 1.54) is 0 Å². The van der Waals surface area contributed by atoms with Crippen LogP contribution in [0.25, 0.3) is 0 Å². The molecule has 1 aliphatic heterocycles.